The van der Waals surface area contributed by atoms with Crippen LogP contribution < -0.4 is 0 Å². The van der Waals surface area contributed by atoms with Gasteiger partial charge in [0.25, 0.3) is 0 Å². The molecule has 2 aromatic heterocycles. The summed E-state index contributed by atoms with van der Waals surface area (Å²) in [6.07, 6.45) is 1.95. The van der Waals surface area contributed by atoms with Gasteiger partial charge in [0.05, 0.1) is 5.69 Å². The van der Waals surface area contributed by atoms with E-state index in [4.69, 9.17) is 0 Å². The number of nitrogens with one attached hydrogen (secondary N) is 1. The van der Waals surface area contributed by atoms with Crippen LogP contribution in [-0.2, 0) is 0 Å². The molecule has 0 amide bonds. The number of nitrogens with zero attached hydrogens (tertiary/aromatic N) is 1. The molecule has 0 radical (unpaired) electrons. The number of H-pyrrole nitrogens is 1. The SMILES string of the molecule is Fc1ccccc1-c1nc(-c2c[nH]c3ccccc23)cs1. The third-order valence-electron chi connectivity index (χ3n) is 3.47. The predicted octanol–water partition coefficient (Wildman–Crippen LogP) is 5.10. The molecule has 0 fully saturated rings. The van der Waals surface area contributed by atoms with Crippen LogP contribution in [0.15, 0.2) is 60.1 Å². The van der Waals surface area contributed by atoms with E-state index in [0.717, 1.165) is 22.2 Å². The van der Waals surface area contributed by atoms with E-state index in [2.05, 4.69) is 16.0 Å². The second-order valence-corrected chi connectivity index (χ2v) is 5.62. The Kier molecular flexibility index (Phi) is 2.82. The average molecular weight is 294 g/mol. The Bertz CT molecular complexity index is 923. The minimum atomic E-state index is -0.239. The van der Waals surface area contributed by atoms with Crippen LogP contribution in [0, 0.1) is 5.82 Å². The van der Waals surface area contributed by atoms with Crippen LogP contribution >= 0.6 is 11.3 Å². The highest BCUT2D eigenvalue weighted by Crippen LogP contribution is 2.33. The van der Waals surface area contributed by atoms with Gasteiger partial charge in [0.15, 0.2) is 0 Å². The quantitative estimate of drug-likeness (QED) is 0.547. The molecule has 0 saturated heterocycles. The molecule has 0 bridgehead atoms. The summed E-state index contributed by atoms with van der Waals surface area (Å²) < 4.78 is 13.8. The first-order valence-corrected chi connectivity index (χ1v) is 7.48. The maximum Gasteiger partial charge on any atom is 0.133 e. The second kappa shape index (κ2) is 4.82. The molecule has 0 aliphatic carbocycles. The summed E-state index contributed by atoms with van der Waals surface area (Å²) in [5.74, 6) is -0.239. The Balaban J connectivity index is 1.83. The van der Waals surface area contributed by atoms with Crippen LogP contribution in [0.5, 0.6) is 0 Å². The Morgan fingerprint density at radius 2 is 1.76 bits per heavy atom. The number of fused-ring (bicyclic) bond motifs is 1. The van der Waals surface area contributed by atoms with Crippen molar-refractivity contribution in [2.75, 3.05) is 0 Å². The zero-order valence-electron chi connectivity index (χ0n) is 11.0. The van der Waals surface area contributed by atoms with E-state index in [0.29, 0.717) is 10.6 Å². The van der Waals surface area contributed by atoms with Crippen molar-refractivity contribution in [2.24, 2.45) is 0 Å². The molecule has 2 heterocycles. The highest BCUT2D eigenvalue weighted by molar-refractivity contribution is 7.13. The number of aromatic nitrogens is 2. The number of para-hydroxylation sites is 1. The first-order valence-electron chi connectivity index (χ1n) is 6.60. The number of halogens is 1. The highest BCUT2D eigenvalue weighted by atomic mass is 32.1. The van der Waals surface area contributed by atoms with E-state index in [9.17, 15) is 4.39 Å². The fourth-order valence-corrected chi connectivity index (χ4v) is 3.29. The third-order valence-corrected chi connectivity index (χ3v) is 4.35. The summed E-state index contributed by atoms with van der Waals surface area (Å²) >= 11 is 1.46. The first-order chi connectivity index (χ1) is 10.3. The molecule has 0 unspecified atom stereocenters. The van der Waals surface area contributed by atoms with Gasteiger partial charge < -0.3 is 4.98 Å². The Labute approximate surface area is 124 Å². The number of hydrogen-bond donors (Lipinski definition) is 1. The Hall–Kier alpha value is -2.46. The number of benzene rings is 2. The normalized spacial score (nSPS) is 11.1. The Morgan fingerprint density at radius 3 is 2.67 bits per heavy atom. The van der Waals surface area contributed by atoms with Crippen LogP contribution in [0.4, 0.5) is 4.39 Å². The number of thiazole rings is 1. The van der Waals surface area contributed by atoms with E-state index < -0.39 is 0 Å². The van der Waals surface area contributed by atoms with E-state index in [1.54, 1.807) is 12.1 Å². The summed E-state index contributed by atoms with van der Waals surface area (Å²) in [7, 11) is 0. The lowest BCUT2D eigenvalue weighted by molar-refractivity contribution is 0.631. The molecule has 0 saturated carbocycles. The Morgan fingerprint density at radius 1 is 0.952 bits per heavy atom. The van der Waals surface area contributed by atoms with Crippen LogP contribution in [0.1, 0.15) is 0 Å². The maximum atomic E-state index is 13.8. The molecule has 0 aliphatic heterocycles. The van der Waals surface area contributed by atoms with Crippen molar-refractivity contribution >= 4 is 22.2 Å². The van der Waals surface area contributed by atoms with Crippen molar-refractivity contribution in [1.29, 1.82) is 0 Å². The number of aromatic amines is 1. The molecular formula is C17H11FN2S. The molecule has 2 aromatic carbocycles. The molecule has 4 rings (SSSR count). The molecule has 21 heavy (non-hydrogen) atoms. The lowest BCUT2D eigenvalue weighted by Gasteiger charge is -1.97. The molecule has 2 nitrogen and oxygen atoms in total. The lowest BCUT2D eigenvalue weighted by atomic mass is 10.1. The van der Waals surface area contributed by atoms with Gasteiger partial charge in [-0.1, -0.05) is 30.3 Å². The fourth-order valence-electron chi connectivity index (χ4n) is 2.44. The van der Waals surface area contributed by atoms with Gasteiger partial charge in [-0.25, -0.2) is 9.37 Å². The van der Waals surface area contributed by atoms with Crippen LogP contribution in [0.3, 0.4) is 0 Å². The van der Waals surface area contributed by atoms with Crippen molar-refractivity contribution in [3.63, 3.8) is 0 Å². The predicted molar refractivity (Wildman–Crippen MR) is 84.8 cm³/mol. The maximum absolute atomic E-state index is 13.8. The molecule has 4 aromatic rings. The van der Waals surface area contributed by atoms with Crippen LogP contribution in [0.25, 0.3) is 32.7 Å². The summed E-state index contributed by atoms with van der Waals surface area (Å²) in [5, 5.41) is 3.80. The zero-order valence-corrected chi connectivity index (χ0v) is 11.8. The van der Waals surface area contributed by atoms with E-state index in [1.165, 1.54) is 17.4 Å². The summed E-state index contributed by atoms with van der Waals surface area (Å²) in [6.45, 7) is 0. The first kappa shape index (κ1) is 12.3. The fraction of sp³-hybridized carbons (Fsp3) is 0. The molecule has 4 heteroatoms. The monoisotopic (exact) mass is 294 g/mol. The van der Waals surface area contributed by atoms with E-state index in [1.807, 2.05) is 35.8 Å². The topological polar surface area (TPSA) is 28.7 Å². The number of hydrogen-bond acceptors (Lipinski definition) is 2. The zero-order chi connectivity index (χ0) is 14.2. The third kappa shape index (κ3) is 2.04. The van der Waals surface area contributed by atoms with Gasteiger partial charge >= 0.3 is 0 Å². The second-order valence-electron chi connectivity index (χ2n) is 4.77. The average Bonchev–Trinajstić information content (AvgIpc) is 3.14. The van der Waals surface area contributed by atoms with Crippen molar-refractivity contribution in [3.05, 3.63) is 65.9 Å². The van der Waals surface area contributed by atoms with E-state index >= 15 is 0 Å². The molecule has 1 N–H and O–H groups in total. The van der Waals surface area contributed by atoms with E-state index in [-0.39, 0.29) is 5.82 Å². The lowest BCUT2D eigenvalue weighted by Crippen LogP contribution is -1.83. The largest absolute Gasteiger partial charge is 0.360 e. The summed E-state index contributed by atoms with van der Waals surface area (Å²) in [5.41, 5.74) is 3.54. The minimum absolute atomic E-state index is 0.239. The highest BCUT2D eigenvalue weighted by Gasteiger charge is 2.12. The van der Waals surface area contributed by atoms with Crippen molar-refractivity contribution in [3.8, 4) is 21.8 Å². The molecule has 102 valence electrons. The van der Waals surface area contributed by atoms with Gasteiger partial charge in [-0.05, 0) is 18.2 Å². The van der Waals surface area contributed by atoms with Crippen molar-refractivity contribution < 1.29 is 4.39 Å². The van der Waals surface area contributed by atoms with Gasteiger partial charge in [0, 0.05) is 33.6 Å². The van der Waals surface area contributed by atoms with Gasteiger partial charge in [-0.3, -0.25) is 0 Å². The molecular weight excluding hydrogens is 283 g/mol. The van der Waals surface area contributed by atoms with Gasteiger partial charge in [0.1, 0.15) is 10.8 Å². The van der Waals surface area contributed by atoms with Gasteiger partial charge in [-0.2, -0.15) is 0 Å². The molecule has 0 atom stereocenters. The van der Waals surface area contributed by atoms with Crippen LogP contribution in [0.2, 0.25) is 0 Å². The summed E-state index contributed by atoms with van der Waals surface area (Å²) in [4.78, 5) is 7.83. The van der Waals surface area contributed by atoms with Gasteiger partial charge in [-0.15, -0.1) is 11.3 Å². The number of rotatable bonds is 2. The molecule has 0 spiro atoms. The van der Waals surface area contributed by atoms with Crippen molar-refractivity contribution in [2.45, 2.75) is 0 Å². The standard InChI is InChI=1S/C17H11FN2S/c18-14-7-3-1-6-12(14)17-20-16(10-21-17)13-9-19-15-8-4-2-5-11(13)15/h1-10,19H. The van der Waals surface area contributed by atoms with Crippen LogP contribution in [-0.4, -0.2) is 9.97 Å². The minimum Gasteiger partial charge on any atom is -0.360 e. The molecule has 0 aliphatic rings. The van der Waals surface area contributed by atoms with Crippen molar-refractivity contribution in [1.82, 2.24) is 9.97 Å². The smallest absolute Gasteiger partial charge is 0.133 e. The summed E-state index contributed by atoms with van der Waals surface area (Å²) in [6, 6.07) is 14.8. The van der Waals surface area contributed by atoms with Gasteiger partial charge in [0.2, 0.25) is 0 Å².